The van der Waals surface area contributed by atoms with E-state index in [0.29, 0.717) is 22.9 Å². The van der Waals surface area contributed by atoms with Crippen LogP contribution >= 0.6 is 0 Å². The number of nitrogens with zero attached hydrogens (tertiary/aromatic N) is 2. The number of amides is 1. The fourth-order valence-electron chi connectivity index (χ4n) is 3.41. The van der Waals surface area contributed by atoms with Gasteiger partial charge in [-0.05, 0) is 61.4 Å². The van der Waals surface area contributed by atoms with E-state index in [0.717, 1.165) is 0 Å². The van der Waals surface area contributed by atoms with Gasteiger partial charge in [0.1, 0.15) is 22.9 Å². The maximum absolute atomic E-state index is 13.4. The number of rotatable bonds is 10. The number of ketones is 1. The second-order valence-corrected chi connectivity index (χ2v) is 8.99. The molecule has 0 spiro atoms. The van der Waals surface area contributed by atoms with Crippen LogP contribution < -0.4 is 14.8 Å². The number of hydrogen-bond acceptors (Lipinski definition) is 7. The van der Waals surface area contributed by atoms with Crippen molar-refractivity contribution in [3.63, 3.8) is 0 Å². The maximum atomic E-state index is 13.4. The predicted molar refractivity (Wildman–Crippen MR) is 126 cm³/mol. The molecule has 3 aromatic rings. The molecule has 0 radical (unpaired) electrons. The lowest BCUT2D eigenvalue weighted by Crippen LogP contribution is -2.19. The molecular weight excluding hydrogens is 462 g/mol. The Labute approximate surface area is 197 Å². The van der Waals surface area contributed by atoms with E-state index in [1.807, 2.05) is 0 Å². The molecule has 0 saturated carbocycles. The third-order valence-corrected chi connectivity index (χ3v) is 5.83. The molecule has 3 rings (SSSR count). The van der Waals surface area contributed by atoms with Gasteiger partial charge >= 0.3 is 0 Å². The number of aromatic nitrogens is 2. The minimum absolute atomic E-state index is 0.00374. The predicted octanol–water partition coefficient (Wildman–Crippen LogP) is 3.16. The zero-order valence-corrected chi connectivity index (χ0v) is 19.8. The second kappa shape index (κ2) is 10.5. The van der Waals surface area contributed by atoms with Crippen molar-refractivity contribution < 1.29 is 32.0 Å². The van der Waals surface area contributed by atoms with Crippen LogP contribution in [0.25, 0.3) is 5.69 Å². The van der Waals surface area contributed by atoms with Crippen molar-refractivity contribution in [1.82, 2.24) is 9.78 Å². The molecule has 1 aromatic heterocycles. The fourth-order valence-corrected chi connectivity index (χ4v) is 3.92. The Balaban J connectivity index is 2.08. The van der Waals surface area contributed by atoms with Crippen LogP contribution in [0.3, 0.4) is 0 Å². The standard InChI is InChI=1S/C23H25N3O7S/c1-15(27)21-20(5-4-14-34(29,30)31)22(23(28)24-16-6-10-18(32-2)11-7-16)26(25-21)17-8-12-19(33-3)13-9-17/h6-13H,4-5,14H2,1-3H3,(H,24,28)(H,29,30,31). The van der Waals surface area contributed by atoms with E-state index in [4.69, 9.17) is 14.0 Å². The van der Waals surface area contributed by atoms with Gasteiger partial charge in [0.2, 0.25) is 0 Å². The molecule has 0 atom stereocenters. The van der Waals surface area contributed by atoms with Gasteiger partial charge in [0.15, 0.2) is 5.78 Å². The number of hydrogen-bond donors (Lipinski definition) is 2. The number of carbonyl (C=O) groups is 2. The van der Waals surface area contributed by atoms with Crippen molar-refractivity contribution in [2.75, 3.05) is 25.3 Å². The highest BCUT2D eigenvalue weighted by Crippen LogP contribution is 2.25. The van der Waals surface area contributed by atoms with Crippen LogP contribution in [0.5, 0.6) is 11.5 Å². The largest absolute Gasteiger partial charge is 0.497 e. The lowest BCUT2D eigenvalue weighted by atomic mass is 10.0. The van der Waals surface area contributed by atoms with Crippen molar-refractivity contribution in [2.45, 2.75) is 19.8 Å². The molecule has 0 unspecified atom stereocenters. The lowest BCUT2D eigenvalue weighted by Gasteiger charge is -2.11. The van der Waals surface area contributed by atoms with Crippen LogP contribution in [0.2, 0.25) is 0 Å². The molecule has 0 aliphatic carbocycles. The monoisotopic (exact) mass is 487 g/mol. The molecule has 10 nitrogen and oxygen atoms in total. The minimum Gasteiger partial charge on any atom is -0.497 e. The Morgan fingerprint density at radius 1 is 1.00 bits per heavy atom. The van der Waals surface area contributed by atoms with Crippen molar-refractivity contribution in [3.8, 4) is 17.2 Å². The minimum atomic E-state index is -4.21. The summed E-state index contributed by atoms with van der Waals surface area (Å²) in [6, 6.07) is 13.4. The molecular formula is C23H25N3O7S. The van der Waals surface area contributed by atoms with Gasteiger partial charge < -0.3 is 14.8 Å². The SMILES string of the molecule is COc1ccc(NC(=O)c2c(CCCS(=O)(=O)O)c(C(C)=O)nn2-c2ccc(OC)cc2)cc1. The zero-order valence-electron chi connectivity index (χ0n) is 18.9. The summed E-state index contributed by atoms with van der Waals surface area (Å²) < 4.78 is 43.2. The normalized spacial score (nSPS) is 11.2. The number of benzene rings is 2. The lowest BCUT2D eigenvalue weighted by molar-refractivity contribution is 0.100. The number of anilines is 1. The zero-order chi connectivity index (χ0) is 24.9. The molecule has 0 fully saturated rings. The summed E-state index contributed by atoms with van der Waals surface area (Å²) in [7, 11) is -1.15. The first-order valence-corrected chi connectivity index (χ1v) is 11.9. The molecule has 1 heterocycles. The van der Waals surface area contributed by atoms with E-state index in [1.54, 1.807) is 48.5 Å². The molecule has 0 aliphatic rings. The molecule has 2 aromatic carbocycles. The van der Waals surface area contributed by atoms with Gasteiger partial charge in [0, 0.05) is 18.2 Å². The topological polar surface area (TPSA) is 137 Å². The van der Waals surface area contributed by atoms with E-state index in [2.05, 4.69) is 10.4 Å². The summed E-state index contributed by atoms with van der Waals surface area (Å²) in [5.74, 6) is -0.223. The maximum Gasteiger partial charge on any atom is 0.274 e. The Kier molecular flexibility index (Phi) is 7.69. The Bertz CT molecular complexity index is 1280. The van der Waals surface area contributed by atoms with Gasteiger partial charge in [-0.25, -0.2) is 4.68 Å². The molecule has 0 bridgehead atoms. The van der Waals surface area contributed by atoms with Crippen LogP contribution in [0, 0.1) is 0 Å². The average molecular weight is 488 g/mol. The number of ether oxygens (including phenoxy) is 2. The number of Topliss-reactive ketones (excluding diaryl/α,β-unsaturated/α-hetero) is 1. The molecule has 34 heavy (non-hydrogen) atoms. The van der Waals surface area contributed by atoms with E-state index in [1.165, 1.54) is 25.8 Å². The third kappa shape index (κ3) is 6.00. The van der Waals surface area contributed by atoms with Crippen LogP contribution in [0.4, 0.5) is 5.69 Å². The first-order valence-electron chi connectivity index (χ1n) is 10.3. The van der Waals surface area contributed by atoms with E-state index in [-0.39, 0.29) is 35.6 Å². The number of carbonyl (C=O) groups excluding carboxylic acids is 2. The number of methoxy groups -OCH3 is 2. The van der Waals surface area contributed by atoms with Crippen LogP contribution in [0.1, 0.15) is 39.9 Å². The summed E-state index contributed by atoms with van der Waals surface area (Å²) in [6.07, 6.45) is 0.0342. The molecule has 11 heteroatoms. The third-order valence-electron chi connectivity index (χ3n) is 5.03. The highest BCUT2D eigenvalue weighted by Gasteiger charge is 2.27. The quantitative estimate of drug-likeness (QED) is 0.329. The summed E-state index contributed by atoms with van der Waals surface area (Å²) >= 11 is 0. The van der Waals surface area contributed by atoms with Gasteiger partial charge in [0.05, 0.1) is 25.7 Å². The van der Waals surface area contributed by atoms with Crippen LogP contribution in [0.15, 0.2) is 48.5 Å². The first-order chi connectivity index (χ1) is 16.1. The summed E-state index contributed by atoms with van der Waals surface area (Å²) in [5, 5.41) is 7.16. The summed E-state index contributed by atoms with van der Waals surface area (Å²) in [5.41, 5.74) is 1.41. The molecule has 1 amide bonds. The van der Waals surface area contributed by atoms with Gasteiger partial charge in [-0.15, -0.1) is 0 Å². The molecule has 0 aliphatic heterocycles. The summed E-state index contributed by atoms with van der Waals surface area (Å²) in [6.45, 7) is 1.32. The Morgan fingerprint density at radius 3 is 2.06 bits per heavy atom. The summed E-state index contributed by atoms with van der Waals surface area (Å²) in [4.78, 5) is 25.8. The molecule has 180 valence electrons. The highest BCUT2D eigenvalue weighted by atomic mass is 32.2. The average Bonchev–Trinajstić information content (AvgIpc) is 3.18. The van der Waals surface area contributed by atoms with Gasteiger partial charge in [-0.1, -0.05) is 0 Å². The van der Waals surface area contributed by atoms with E-state index in [9.17, 15) is 18.0 Å². The van der Waals surface area contributed by atoms with Crippen molar-refractivity contribution in [2.24, 2.45) is 0 Å². The van der Waals surface area contributed by atoms with Gasteiger partial charge in [-0.2, -0.15) is 13.5 Å². The van der Waals surface area contributed by atoms with Gasteiger partial charge in [-0.3, -0.25) is 14.1 Å². The van der Waals surface area contributed by atoms with Crippen molar-refractivity contribution in [1.29, 1.82) is 0 Å². The number of nitrogens with one attached hydrogen (secondary N) is 1. The van der Waals surface area contributed by atoms with E-state index >= 15 is 0 Å². The van der Waals surface area contributed by atoms with Crippen LogP contribution in [-0.2, 0) is 16.5 Å². The van der Waals surface area contributed by atoms with Gasteiger partial charge in [0.25, 0.3) is 16.0 Å². The first kappa shape index (κ1) is 24.9. The molecule has 0 saturated heterocycles. The fraction of sp³-hybridized carbons (Fsp3) is 0.261. The molecule has 2 N–H and O–H groups in total. The van der Waals surface area contributed by atoms with Crippen molar-refractivity contribution in [3.05, 3.63) is 65.5 Å². The highest BCUT2D eigenvalue weighted by molar-refractivity contribution is 7.85. The Morgan fingerprint density at radius 2 is 1.56 bits per heavy atom. The van der Waals surface area contributed by atoms with E-state index < -0.39 is 21.8 Å². The van der Waals surface area contributed by atoms with Crippen molar-refractivity contribution >= 4 is 27.5 Å². The Hall–Kier alpha value is -3.70. The second-order valence-electron chi connectivity index (χ2n) is 7.41. The smallest absolute Gasteiger partial charge is 0.274 e. The van der Waals surface area contributed by atoms with Crippen LogP contribution in [-0.4, -0.2) is 54.4 Å².